The molecule has 0 fully saturated rings. The Morgan fingerprint density at radius 2 is 1.47 bits per heavy atom. The Kier molecular flexibility index (Phi) is 7.42. The van der Waals surface area contributed by atoms with Gasteiger partial charge in [0.15, 0.2) is 0 Å². The highest BCUT2D eigenvalue weighted by Gasteiger charge is 2.36. The number of carbonyl (C=O) groups is 3. The standard InChI is InChI=1S/C4H7F3N2O2.C2H2O4/c5-4(6,7)2(8)1-9-3(10)11;3-1(4)2(5)6/h2,9H,1,8H2,(H,10,11);(H,3,4)(H,5,6). The number of alkyl halides is 3. The van der Waals surface area contributed by atoms with Gasteiger partial charge in [-0.3, -0.25) is 0 Å². The highest BCUT2D eigenvalue weighted by Crippen LogP contribution is 2.17. The van der Waals surface area contributed by atoms with Gasteiger partial charge in [-0.05, 0) is 0 Å². The molecule has 0 bridgehead atoms. The normalized spacial score (nSPS) is 11.8. The van der Waals surface area contributed by atoms with Gasteiger partial charge in [-0.25, -0.2) is 14.4 Å². The Morgan fingerprint density at radius 1 is 1.12 bits per heavy atom. The Balaban J connectivity index is 0. The molecule has 0 spiro atoms. The second kappa shape index (κ2) is 7.27. The molecule has 1 unspecified atom stereocenters. The van der Waals surface area contributed by atoms with Crippen molar-refractivity contribution in [1.29, 1.82) is 0 Å². The lowest BCUT2D eigenvalue weighted by molar-refractivity contribution is -0.159. The second-order valence-corrected chi connectivity index (χ2v) is 2.44. The van der Waals surface area contributed by atoms with Gasteiger partial charge < -0.3 is 26.4 Å². The lowest BCUT2D eigenvalue weighted by Crippen LogP contribution is -2.46. The molecule has 0 aliphatic carbocycles. The van der Waals surface area contributed by atoms with Gasteiger partial charge in [0.05, 0.1) is 0 Å². The molecule has 6 N–H and O–H groups in total. The third kappa shape index (κ3) is 11.9. The van der Waals surface area contributed by atoms with E-state index in [9.17, 15) is 18.0 Å². The van der Waals surface area contributed by atoms with E-state index in [-0.39, 0.29) is 0 Å². The van der Waals surface area contributed by atoms with Crippen molar-refractivity contribution in [3.05, 3.63) is 0 Å². The van der Waals surface area contributed by atoms with Crippen LogP contribution in [0, 0.1) is 0 Å². The SMILES string of the molecule is NC(CNC(=O)O)C(F)(F)F.O=C(O)C(=O)O. The van der Waals surface area contributed by atoms with Crippen LogP contribution in [0.25, 0.3) is 0 Å². The van der Waals surface area contributed by atoms with Crippen LogP contribution in [0.1, 0.15) is 0 Å². The quantitative estimate of drug-likeness (QED) is 0.413. The first-order valence-electron chi connectivity index (χ1n) is 3.73. The van der Waals surface area contributed by atoms with Crippen LogP contribution in [0.5, 0.6) is 0 Å². The monoisotopic (exact) mass is 262 g/mol. The van der Waals surface area contributed by atoms with Crippen LogP contribution < -0.4 is 11.1 Å². The molecule has 0 heterocycles. The zero-order valence-electron chi connectivity index (χ0n) is 8.06. The van der Waals surface area contributed by atoms with Gasteiger partial charge in [0.2, 0.25) is 0 Å². The molecule has 17 heavy (non-hydrogen) atoms. The Morgan fingerprint density at radius 3 is 1.65 bits per heavy atom. The van der Waals surface area contributed by atoms with Crippen LogP contribution in [0.2, 0.25) is 0 Å². The molecule has 1 amide bonds. The van der Waals surface area contributed by atoms with Gasteiger partial charge in [0, 0.05) is 6.54 Å². The maximum Gasteiger partial charge on any atom is 0.414 e. The number of halogens is 3. The van der Waals surface area contributed by atoms with Crippen LogP contribution in [0.15, 0.2) is 0 Å². The number of amides is 1. The molecule has 100 valence electrons. The van der Waals surface area contributed by atoms with E-state index in [1.165, 1.54) is 5.32 Å². The number of carboxylic acids is 2. The van der Waals surface area contributed by atoms with Crippen molar-refractivity contribution >= 4 is 18.0 Å². The van der Waals surface area contributed by atoms with Crippen LogP contribution in [-0.2, 0) is 9.59 Å². The Hall–Kier alpha value is -2.04. The van der Waals surface area contributed by atoms with E-state index in [0.29, 0.717) is 0 Å². The zero-order valence-corrected chi connectivity index (χ0v) is 8.06. The van der Waals surface area contributed by atoms with Gasteiger partial charge in [0.25, 0.3) is 0 Å². The van der Waals surface area contributed by atoms with E-state index < -0.39 is 36.8 Å². The van der Waals surface area contributed by atoms with Crippen molar-refractivity contribution in [1.82, 2.24) is 5.32 Å². The maximum absolute atomic E-state index is 11.5. The summed E-state index contributed by atoms with van der Waals surface area (Å²) in [6.45, 7) is -0.821. The molecule has 0 aromatic carbocycles. The molecule has 1 atom stereocenters. The van der Waals surface area contributed by atoms with Crippen LogP contribution in [-0.4, -0.2) is 52.1 Å². The van der Waals surface area contributed by atoms with Gasteiger partial charge in [0.1, 0.15) is 6.04 Å². The zero-order chi connectivity index (χ0) is 14.2. The number of nitrogens with one attached hydrogen (secondary N) is 1. The van der Waals surface area contributed by atoms with E-state index in [1.54, 1.807) is 0 Å². The summed E-state index contributed by atoms with van der Waals surface area (Å²) in [6.07, 6.45) is -6.08. The molecule has 0 aliphatic heterocycles. The first-order chi connectivity index (χ1) is 7.48. The van der Waals surface area contributed by atoms with Gasteiger partial charge in [-0.15, -0.1) is 0 Å². The number of hydrogen-bond donors (Lipinski definition) is 5. The van der Waals surface area contributed by atoms with Crippen LogP contribution in [0.3, 0.4) is 0 Å². The fourth-order valence-corrected chi connectivity index (χ4v) is 0.313. The average molecular weight is 262 g/mol. The van der Waals surface area contributed by atoms with Crippen LogP contribution in [0.4, 0.5) is 18.0 Å². The summed E-state index contributed by atoms with van der Waals surface area (Å²) in [7, 11) is 0. The van der Waals surface area contributed by atoms with Gasteiger partial charge in [-0.2, -0.15) is 13.2 Å². The summed E-state index contributed by atoms with van der Waals surface area (Å²) in [5, 5.41) is 24.2. The number of aliphatic carboxylic acids is 2. The summed E-state index contributed by atoms with van der Waals surface area (Å²) in [6, 6.07) is -2.14. The molecule has 11 heteroatoms. The van der Waals surface area contributed by atoms with Gasteiger partial charge >= 0.3 is 24.2 Å². The summed E-state index contributed by atoms with van der Waals surface area (Å²) in [4.78, 5) is 27.9. The molecule has 0 aliphatic rings. The number of hydrogen-bond acceptors (Lipinski definition) is 4. The molecule has 0 aromatic heterocycles. The van der Waals surface area contributed by atoms with Crippen molar-refractivity contribution in [3.8, 4) is 0 Å². The molecule has 8 nitrogen and oxygen atoms in total. The average Bonchev–Trinajstić information content (AvgIpc) is 2.13. The number of rotatable bonds is 2. The molecule has 0 radical (unpaired) electrons. The first-order valence-corrected chi connectivity index (χ1v) is 3.73. The minimum atomic E-state index is -4.55. The van der Waals surface area contributed by atoms with E-state index in [2.05, 4.69) is 5.73 Å². The molecule has 0 saturated carbocycles. The number of nitrogens with two attached hydrogens (primary N) is 1. The fraction of sp³-hybridized carbons (Fsp3) is 0.500. The van der Waals surface area contributed by atoms with E-state index in [0.717, 1.165) is 0 Å². The predicted molar refractivity (Wildman–Crippen MR) is 45.3 cm³/mol. The summed E-state index contributed by atoms with van der Waals surface area (Å²) < 4.78 is 34.6. The summed E-state index contributed by atoms with van der Waals surface area (Å²) in [5.41, 5.74) is 4.55. The number of carboxylic acid groups (broad SMARTS) is 3. The predicted octanol–water partition coefficient (Wildman–Crippen LogP) is -0.701. The maximum atomic E-state index is 11.5. The smallest absolute Gasteiger partial charge is 0.414 e. The highest BCUT2D eigenvalue weighted by molar-refractivity contribution is 6.27. The Labute approximate surface area is 91.8 Å². The van der Waals surface area contributed by atoms with Crippen molar-refractivity contribution in [2.45, 2.75) is 12.2 Å². The van der Waals surface area contributed by atoms with E-state index >= 15 is 0 Å². The molecular weight excluding hydrogens is 253 g/mol. The first kappa shape index (κ1) is 17.4. The molecule has 0 saturated heterocycles. The molecule has 0 aromatic rings. The minimum Gasteiger partial charge on any atom is -0.473 e. The fourth-order valence-electron chi connectivity index (χ4n) is 0.313. The van der Waals surface area contributed by atoms with E-state index in [4.69, 9.17) is 24.9 Å². The third-order valence-electron chi connectivity index (χ3n) is 1.08. The minimum absolute atomic E-state index is 0.821. The molecular formula is C6H9F3N2O6. The summed E-state index contributed by atoms with van der Waals surface area (Å²) in [5.74, 6) is -3.65. The lowest BCUT2D eigenvalue weighted by Gasteiger charge is -2.14. The van der Waals surface area contributed by atoms with E-state index in [1.807, 2.05) is 0 Å². The van der Waals surface area contributed by atoms with Crippen molar-refractivity contribution in [3.63, 3.8) is 0 Å². The summed E-state index contributed by atoms with van der Waals surface area (Å²) >= 11 is 0. The second-order valence-electron chi connectivity index (χ2n) is 2.44. The van der Waals surface area contributed by atoms with Gasteiger partial charge in [-0.1, -0.05) is 0 Å². The third-order valence-corrected chi connectivity index (χ3v) is 1.08. The largest absolute Gasteiger partial charge is 0.473 e. The topological polar surface area (TPSA) is 150 Å². The van der Waals surface area contributed by atoms with Crippen molar-refractivity contribution < 1.29 is 42.9 Å². The Bertz CT molecular complexity index is 280. The van der Waals surface area contributed by atoms with Crippen LogP contribution >= 0.6 is 0 Å². The molecule has 0 rings (SSSR count). The van der Waals surface area contributed by atoms with Crippen molar-refractivity contribution in [2.75, 3.05) is 6.54 Å². The lowest BCUT2D eigenvalue weighted by atomic mass is 10.3. The van der Waals surface area contributed by atoms with Crippen molar-refractivity contribution in [2.24, 2.45) is 5.73 Å². The highest BCUT2D eigenvalue weighted by atomic mass is 19.4.